The number of likely N-dealkylation sites (tertiary alicyclic amines) is 1. The van der Waals surface area contributed by atoms with Crippen molar-refractivity contribution in [2.75, 3.05) is 20.1 Å². The number of nitrogens with zero attached hydrogens (tertiary/aromatic N) is 4. The van der Waals surface area contributed by atoms with Crippen molar-refractivity contribution < 1.29 is 27.9 Å². The fraction of sp³-hybridized carbons (Fsp3) is 0.684. The molecular formula is C19H28F3N5O3. The number of amides is 1. The SMILES string of the molecule is CNCc1cn(CC2CCN(C(=O)CC3C=CCC3)CC2)nn1.O=C(O)C(F)(F)F. The van der Waals surface area contributed by atoms with Crippen molar-refractivity contribution >= 4 is 11.9 Å². The smallest absolute Gasteiger partial charge is 0.475 e. The minimum absolute atomic E-state index is 0.331. The number of piperidine rings is 1. The first-order valence-corrected chi connectivity index (χ1v) is 9.97. The summed E-state index contributed by atoms with van der Waals surface area (Å²) in [5.41, 5.74) is 0.977. The van der Waals surface area contributed by atoms with Crippen LogP contribution >= 0.6 is 0 Å². The number of carboxylic acids is 1. The van der Waals surface area contributed by atoms with E-state index < -0.39 is 12.1 Å². The summed E-state index contributed by atoms with van der Waals surface area (Å²) in [5.74, 6) is -1.36. The Kier molecular flexibility index (Phi) is 8.82. The van der Waals surface area contributed by atoms with Gasteiger partial charge in [0.2, 0.25) is 5.91 Å². The number of alkyl halides is 3. The van der Waals surface area contributed by atoms with Gasteiger partial charge in [-0.2, -0.15) is 13.2 Å². The summed E-state index contributed by atoms with van der Waals surface area (Å²) in [6, 6.07) is 0. The quantitative estimate of drug-likeness (QED) is 0.670. The zero-order chi connectivity index (χ0) is 22.1. The number of hydrogen-bond donors (Lipinski definition) is 2. The molecule has 0 radical (unpaired) electrons. The van der Waals surface area contributed by atoms with Crippen LogP contribution in [0, 0.1) is 11.8 Å². The third-order valence-electron chi connectivity index (χ3n) is 5.15. The topological polar surface area (TPSA) is 100 Å². The first-order chi connectivity index (χ1) is 14.2. The molecule has 1 atom stereocenters. The van der Waals surface area contributed by atoms with Crippen LogP contribution in [-0.2, 0) is 22.7 Å². The summed E-state index contributed by atoms with van der Waals surface area (Å²) >= 11 is 0. The van der Waals surface area contributed by atoms with Crippen molar-refractivity contribution in [1.82, 2.24) is 25.2 Å². The molecule has 1 aromatic heterocycles. The zero-order valence-corrected chi connectivity index (χ0v) is 16.9. The molecule has 2 N–H and O–H groups in total. The van der Waals surface area contributed by atoms with E-state index in [9.17, 15) is 18.0 Å². The van der Waals surface area contributed by atoms with Crippen LogP contribution in [0.2, 0.25) is 0 Å². The molecule has 0 spiro atoms. The number of allylic oxidation sites excluding steroid dienone is 2. The summed E-state index contributed by atoms with van der Waals surface area (Å²) in [4.78, 5) is 23.3. The van der Waals surface area contributed by atoms with E-state index in [1.54, 1.807) is 0 Å². The highest BCUT2D eigenvalue weighted by molar-refractivity contribution is 5.76. The largest absolute Gasteiger partial charge is 0.490 e. The van der Waals surface area contributed by atoms with E-state index in [4.69, 9.17) is 9.90 Å². The van der Waals surface area contributed by atoms with Crippen LogP contribution in [-0.4, -0.2) is 63.2 Å². The Labute approximate surface area is 173 Å². The Morgan fingerprint density at radius 2 is 1.93 bits per heavy atom. The Morgan fingerprint density at radius 3 is 2.47 bits per heavy atom. The normalized spacial score (nSPS) is 19.5. The van der Waals surface area contributed by atoms with Crippen LogP contribution in [0.4, 0.5) is 13.2 Å². The van der Waals surface area contributed by atoms with E-state index in [1.165, 1.54) is 0 Å². The minimum atomic E-state index is -5.08. The van der Waals surface area contributed by atoms with E-state index >= 15 is 0 Å². The van der Waals surface area contributed by atoms with E-state index in [-0.39, 0.29) is 0 Å². The Bertz CT molecular complexity index is 727. The zero-order valence-electron chi connectivity index (χ0n) is 16.9. The standard InChI is InChI=1S/C17H27N5O.C2HF3O2/c1-18-11-16-13-22(20-19-16)12-15-6-8-21(9-7-15)17(23)10-14-4-2-3-5-14;3-2(4,5)1(6)7/h2,4,13-15,18H,3,5-12H2,1H3;(H,6,7). The molecule has 30 heavy (non-hydrogen) atoms. The molecule has 3 rings (SSSR count). The van der Waals surface area contributed by atoms with Gasteiger partial charge in [0.15, 0.2) is 0 Å². The second-order valence-corrected chi connectivity index (χ2v) is 7.56. The molecule has 0 aromatic carbocycles. The van der Waals surface area contributed by atoms with Gasteiger partial charge in [0.1, 0.15) is 0 Å². The predicted molar refractivity (Wildman–Crippen MR) is 102 cm³/mol. The van der Waals surface area contributed by atoms with Crippen molar-refractivity contribution in [2.24, 2.45) is 11.8 Å². The van der Waals surface area contributed by atoms with Gasteiger partial charge in [-0.15, -0.1) is 5.10 Å². The second-order valence-electron chi connectivity index (χ2n) is 7.56. The Morgan fingerprint density at radius 1 is 1.27 bits per heavy atom. The third kappa shape index (κ3) is 7.77. The molecule has 2 aliphatic rings. The number of carbonyl (C=O) groups is 2. The molecule has 11 heteroatoms. The molecule has 8 nitrogen and oxygen atoms in total. The van der Waals surface area contributed by atoms with Crippen molar-refractivity contribution in [3.8, 4) is 0 Å². The number of rotatable bonds is 6. The molecule has 1 amide bonds. The van der Waals surface area contributed by atoms with Gasteiger partial charge in [-0.05, 0) is 44.6 Å². The first kappa shape index (κ1) is 23.8. The molecule has 1 aliphatic carbocycles. The van der Waals surface area contributed by atoms with Gasteiger partial charge >= 0.3 is 12.1 Å². The van der Waals surface area contributed by atoms with Crippen molar-refractivity contribution in [1.29, 1.82) is 0 Å². The van der Waals surface area contributed by atoms with Crippen molar-refractivity contribution in [3.63, 3.8) is 0 Å². The number of aromatic nitrogens is 3. The average molecular weight is 431 g/mol. The molecule has 0 saturated carbocycles. The van der Waals surface area contributed by atoms with E-state index in [2.05, 4.69) is 32.7 Å². The van der Waals surface area contributed by atoms with Gasteiger partial charge in [-0.25, -0.2) is 4.79 Å². The van der Waals surface area contributed by atoms with Crippen LogP contribution in [0.25, 0.3) is 0 Å². The van der Waals surface area contributed by atoms with Gasteiger partial charge in [0.25, 0.3) is 0 Å². The molecule has 1 unspecified atom stereocenters. The van der Waals surface area contributed by atoms with Crippen LogP contribution in [0.5, 0.6) is 0 Å². The lowest BCUT2D eigenvalue weighted by molar-refractivity contribution is -0.192. The Hall–Kier alpha value is -2.43. The molecule has 1 aliphatic heterocycles. The highest BCUT2D eigenvalue weighted by Crippen LogP contribution is 2.24. The van der Waals surface area contributed by atoms with Crippen LogP contribution in [0.1, 0.15) is 37.8 Å². The minimum Gasteiger partial charge on any atom is -0.475 e. The fourth-order valence-electron chi connectivity index (χ4n) is 3.54. The lowest BCUT2D eigenvalue weighted by Crippen LogP contribution is -2.39. The highest BCUT2D eigenvalue weighted by atomic mass is 19.4. The maximum atomic E-state index is 12.4. The monoisotopic (exact) mass is 431 g/mol. The molecule has 1 fully saturated rings. The lowest BCUT2D eigenvalue weighted by Gasteiger charge is -2.32. The fourth-order valence-corrected chi connectivity index (χ4v) is 3.54. The van der Waals surface area contributed by atoms with E-state index in [1.807, 2.05) is 17.9 Å². The summed E-state index contributed by atoms with van der Waals surface area (Å²) in [7, 11) is 1.91. The Balaban J connectivity index is 0.000000396. The van der Waals surface area contributed by atoms with Crippen LogP contribution in [0.15, 0.2) is 18.3 Å². The molecule has 1 saturated heterocycles. The number of hydrogen-bond acceptors (Lipinski definition) is 5. The molecule has 168 valence electrons. The van der Waals surface area contributed by atoms with E-state index in [0.29, 0.717) is 24.2 Å². The molecular weight excluding hydrogens is 403 g/mol. The highest BCUT2D eigenvalue weighted by Gasteiger charge is 2.38. The maximum absolute atomic E-state index is 12.4. The molecule has 2 heterocycles. The number of halogens is 3. The van der Waals surface area contributed by atoms with Crippen LogP contribution in [0.3, 0.4) is 0 Å². The summed E-state index contributed by atoms with van der Waals surface area (Å²) in [6.07, 6.45) is 6.43. The van der Waals surface area contributed by atoms with Gasteiger partial charge in [-0.1, -0.05) is 17.4 Å². The number of carbonyl (C=O) groups excluding carboxylic acids is 1. The summed E-state index contributed by atoms with van der Waals surface area (Å²) < 4.78 is 33.7. The van der Waals surface area contributed by atoms with Gasteiger partial charge in [0, 0.05) is 38.8 Å². The molecule has 0 bridgehead atoms. The summed E-state index contributed by atoms with van der Waals surface area (Å²) in [6.45, 7) is 3.43. The number of aliphatic carboxylic acids is 1. The number of carboxylic acid groups (broad SMARTS) is 1. The van der Waals surface area contributed by atoms with Gasteiger partial charge in [0.05, 0.1) is 5.69 Å². The van der Waals surface area contributed by atoms with Gasteiger partial charge in [-0.3, -0.25) is 9.48 Å². The second kappa shape index (κ2) is 11.1. The van der Waals surface area contributed by atoms with Crippen molar-refractivity contribution in [3.05, 3.63) is 24.0 Å². The first-order valence-electron chi connectivity index (χ1n) is 9.97. The van der Waals surface area contributed by atoms with E-state index in [0.717, 1.165) is 57.6 Å². The maximum Gasteiger partial charge on any atom is 0.490 e. The number of nitrogens with one attached hydrogen (secondary N) is 1. The van der Waals surface area contributed by atoms with Crippen LogP contribution < -0.4 is 5.32 Å². The third-order valence-corrected chi connectivity index (χ3v) is 5.15. The van der Waals surface area contributed by atoms with Crippen molar-refractivity contribution in [2.45, 2.75) is 51.4 Å². The average Bonchev–Trinajstić information content (AvgIpc) is 3.34. The molecule has 1 aromatic rings. The summed E-state index contributed by atoms with van der Waals surface area (Å²) in [5, 5.41) is 18.6. The predicted octanol–water partition coefficient (Wildman–Crippen LogP) is 2.23. The van der Waals surface area contributed by atoms with Gasteiger partial charge < -0.3 is 15.3 Å². The lowest BCUT2D eigenvalue weighted by atomic mass is 9.95.